The van der Waals surface area contributed by atoms with E-state index >= 15 is 0 Å². The summed E-state index contributed by atoms with van der Waals surface area (Å²) in [5, 5.41) is 4.56. The molecule has 1 heterocycles. The van der Waals surface area contributed by atoms with E-state index in [2.05, 4.69) is 30.1 Å². The number of thioether (sulfide) groups is 1. The summed E-state index contributed by atoms with van der Waals surface area (Å²) in [4.78, 5) is 2.19. The third kappa shape index (κ3) is 3.47. The van der Waals surface area contributed by atoms with E-state index in [1.54, 1.807) is 6.07 Å². The molecular formula is C16H23FN2S. The number of hydrogen-bond acceptors (Lipinski definition) is 3. The lowest BCUT2D eigenvalue weighted by Crippen LogP contribution is -2.40. The van der Waals surface area contributed by atoms with E-state index in [1.807, 2.05) is 17.8 Å². The molecule has 1 saturated carbocycles. The minimum Gasteiger partial charge on any atom is -0.367 e. The lowest BCUT2D eigenvalue weighted by atomic mass is 10.1. The quantitative estimate of drug-likeness (QED) is 0.916. The van der Waals surface area contributed by atoms with Crippen molar-refractivity contribution >= 4 is 17.4 Å². The minimum atomic E-state index is -0.0774. The van der Waals surface area contributed by atoms with Crippen molar-refractivity contribution in [3.63, 3.8) is 0 Å². The lowest BCUT2D eigenvalue weighted by Gasteiger charge is -2.36. The van der Waals surface area contributed by atoms with E-state index in [9.17, 15) is 4.39 Å². The molecule has 0 radical (unpaired) electrons. The van der Waals surface area contributed by atoms with Crippen molar-refractivity contribution in [2.24, 2.45) is 0 Å². The average molecular weight is 294 g/mol. The van der Waals surface area contributed by atoms with Gasteiger partial charge in [-0.25, -0.2) is 4.39 Å². The second-order valence-corrected chi connectivity index (χ2v) is 7.98. The second-order valence-electron chi connectivity index (χ2n) is 6.10. The van der Waals surface area contributed by atoms with E-state index in [-0.39, 0.29) is 5.82 Å². The highest BCUT2D eigenvalue weighted by molar-refractivity contribution is 8.00. The van der Waals surface area contributed by atoms with Crippen LogP contribution in [0.4, 0.5) is 10.1 Å². The summed E-state index contributed by atoms with van der Waals surface area (Å²) in [6, 6.07) is 6.37. The van der Waals surface area contributed by atoms with Crippen LogP contribution in [0.1, 0.15) is 32.3 Å². The fourth-order valence-corrected chi connectivity index (χ4v) is 4.17. The van der Waals surface area contributed by atoms with Gasteiger partial charge in [-0.2, -0.15) is 11.8 Å². The Morgan fingerprint density at radius 2 is 1.95 bits per heavy atom. The first-order chi connectivity index (χ1) is 9.61. The highest BCUT2D eigenvalue weighted by Gasteiger charge is 2.24. The van der Waals surface area contributed by atoms with Crippen LogP contribution < -0.4 is 10.2 Å². The normalized spacial score (nSPS) is 26.9. The van der Waals surface area contributed by atoms with Gasteiger partial charge in [-0.3, -0.25) is 0 Å². The Labute approximate surface area is 125 Å². The van der Waals surface area contributed by atoms with Gasteiger partial charge in [0, 0.05) is 36.2 Å². The topological polar surface area (TPSA) is 15.3 Å². The summed E-state index contributed by atoms with van der Waals surface area (Å²) in [5.74, 6) is -0.0774. The van der Waals surface area contributed by atoms with Crippen molar-refractivity contribution in [2.45, 2.75) is 49.8 Å². The van der Waals surface area contributed by atoms with Gasteiger partial charge in [0.15, 0.2) is 0 Å². The average Bonchev–Trinajstić information content (AvgIpc) is 3.19. The second kappa shape index (κ2) is 5.94. The fourth-order valence-electron chi connectivity index (χ4n) is 2.84. The van der Waals surface area contributed by atoms with Gasteiger partial charge in [-0.15, -0.1) is 0 Å². The maximum absolute atomic E-state index is 14.4. The Balaban J connectivity index is 1.69. The van der Waals surface area contributed by atoms with Gasteiger partial charge < -0.3 is 10.2 Å². The van der Waals surface area contributed by atoms with Gasteiger partial charge in [0.2, 0.25) is 0 Å². The maximum atomic E-state index is 14.4. The molecule has 0 aromatic heterocycles. The van der Waals surface area contributed by atoms with Crippen LogP contribution in [0.15, 0.2) is 18.2 Å². The zero-order chi connectivity index (χ0) is 14.1. The molecule has 1 N–H and O–H groups in total. The number of benzene rings is 1. The van der Waals surface area contributed by atoms with Crippen LogP contribution in [-0.4, -0.2) is 29.6 Å². The Hall–Kier alpha value is -0.740. The van der Waals surface area contributed by atoms with E-state index in [0.29, 0.717) is 16.5 Å². The van der Waals surface area contributed by atoms with Gasteiger partial charge in [0.05, 0.1) is 5.69 Å². The lowest BCUT2D eigenvalue weighted by molar-refractivity contribution is 0.605. The van der Waals surface area contributed by atoms with Crippen LogP contribution in [-0.2, 0) is 6.54 Å². The van der Waals surface area contributed by atoms with E-state index in [1.165, 1.54) is 12.8 Å². The molecule has 1 aromatic rings. The fraction of sp³-hybridized carbons (Fsp3) is 0.625. The van der Waals surface area contributed by atoms with Gasteiger partial charge in [-0.05, 0) is 30.5 Å². The van der Waals surface area contributed by atoms with E-state index < -0.39 is 0 Å². The van der Waals surface area contributed by atoms with Crippen LogP contribution in [0.3, 0.4) is 0 Å². The van der Waals surface area contributed by atoms with Gasteiger partial charge in [0.25, 0.3) is 0 Å². The van der Waals surface area contributed by atoms with Crippen LogP contribution in [0, 0.1) is 5.82 Å². The highest BCUT2D eigenvalue weighted by atomic mass is 32.2. The first kappa shape index (κ1) is 14.2. The summed E-state index contributed by atoms with van der Waals surface area (Å²) in [5.41, 5.74) is 1.81. The standard InChI is InChI=1S/C16H23FN2S/c1-11-9-19(10-12(2)20-11)16-6-3-13(7-15(16)17)8-18-14-4-5-14/h3,6-7,11-12,14,18H,4-5,8-10H2,1-2H3. The summed E-state index contributed by atoms with van der Waals surface area (Å²) in [6.45, 7) is 7.10. The number of nitrogens with one attached hydrogen (secondary N) is 1. The smallest absolute Gasteiger partial charge is 0.146 e. The van der Waals surface area contributed by atoms with Crippen molar-refractivity contribution in [1.29, 1.82) is 0 Å². The number of hydrogen-bond donors (Lipinski definition) is 1. The molecule has 4 heteroatoms. The minimum absolute atomic E-state index is 0.0774. The summed E-state index contributed by atoms with van der Waals surface area (Å²) in [6.07, 6.45) is 2.53. The molecule has 2 aliphatic rings. The molecule has 2 nitrogen and oxygen atoms in total. The Bertz CT molecular complexity index is 466. The zero-order valence-corrected chi connectivity index (χ0v) is 13.0. The molecule has 2 atom stereocenters. The van der Waals surface area contributed by atoms with Gasteiger partial charge in [-0.1, -0.05) is 19.9 Å². The molecule has 2 fully saturated rings. The third-order valence-corrected chi connectivity index (χ3v) is 5.17. The van der Waals surface area contributed by atoms with Crippen LogP contribution in [0.5, 0.6) is 0 Å². The molecule has 20 heavy (non-hydrogen) atoms. The Kier molecular flexibility index (Phi) is 4.22. The van der Waals surface area contributed by atoms with Crippen LogP contribution in [0.25, 0.3) is 0 Å². The monoisotopic (exact) mass is 294 g/mol. The van der Waals surface area contributed by atoms with Crippen molar-refractivity contribution < 1.29 is 4.39 Å². The molecule has 3 rings (SSSR count). The number of nitrogens with zero attached hydrogens (tertiary/aromatic N) is 1. The summed E-state index contributed by atoms with van der Waals surface area (Å²) >= 11 is 1.99. The molecule has 110 valence electrons. The molecule has 1 aromatic carbocycles. The number of anilines is 1. The molecule has 0 amide bonds. The largest absolute Gasteiger partial charge is 0.367 e. The number of rotatable bonds is 4. The Morgan fingerprint density at radius 3 is 2.55 bits per heavy atom. The summed E-state index contributed by atoms with van der Waals surface area (Å²) in [7, 11) is 0. The van der Waals surface area contributed by atoms with Gasteiger partial charge in [0.1, 0.15) is 5.82 Å². The molecule has 1 saturated heterocycles. The van der Waals surface area contributed by atoms with Crippen molar-refractivity contribution in [3.05, 3.63) is 29.6 Å². The molecule has 0 bridgehead atoms. The molecule has 1 aliphatic heterocycles. The molecular weight excluding hydrogens is 271 g/mol. The van der Waals surface area contributed by atoms with Crippen LogP contribution >= 0.6 is 11.8 Å². The number of halogens is 1. The SMILES string of the molecule is CC1CN(c2ccc(CNC3CC3)cc2F)CC(C)S1. The van der Waals surface area contributed by atoms with E-state index in [4.69, 9.17) is 0 Å². The predicted octanol–water partition coefficient (Wildman–Crippen LogP) is 3.41. The van der Waals surface area contributed by atoms with Crippen molar-refractivity contribution in [3.8, 4) is 0 Å². The highest BCUT2D eigenvalue weighted by Crippen LogP contribution is 2.30. The maximum Gasteiger partial charge on any atom is 0.146 e. The van der Waals surface area contributed by atoms with Crippen molar-refractivity contribution in [1.82, 2.24) is 5.32 Å². The first-order valence-corrected chi connectivity index (χ1v) is 8.48. The molecule has 1 aliphatic carbocycles. The predicted molar refractivity (Wildman–Crippen MR) is 85.0 cm³/mol. The third-order valence-electron chi connectivity index (χ3n) is 3.94. The Morgan fingerprint density at radius 1 is 1.25 bits per heavy atom. The molecule has 2 unspecified atom stereocenters. The molecule has 0 spiro atoms. The first-order valence-electron chi connectivity index (χ1n) is 7.54. The van der Waals surface area contributed by atoms with Crippen molar-refractivity contribution in [2.75, 3.05) is 18.0 Å². The van der Waals surface area contributed by atoms with Gasteiger partial charge >= 0.3 is 0 Å². The summed E-state index contributed by atoms with van der Waals surface area (Å²) < 4.78 is 14.4. The van der Waals surface area contributed by atoms with E-state index in [0.717, 1.165) is 30.9 Å². The van der Waals surface area contributed by atoms with Crippen LogP contribution in [0.2, 0.25) is 0 Å². The zero-order valence-electron chi connectivity index (χ0n) is 12.2.